The normalized spacial score (nSPS) is 18.9. The molecule has 1 aromatic heterocycles. The Bertz CT molecular complexity index is 362. The number of hydrogen-bond acceptors (Lipinski definition) is 2. The Morgan fingerprint density at radius 2 is 2.06 bits per heavy atom. The summed E-state index contributed by atoms with van der Waals surface area (Å²) >= 11 is 11.9. The summed E-state index contributed by atoms with van der Waals surface area (Å²) in [5.74, 6) is 0.739. The molecule has 2 nitrogen and oxygen atoms in total. The van der Waals surface area contributed by atoms with Gasteiger partial charge in [0.1, 0.15) is 0 Å². The molecule has 1 aliphatic carbocycles. The van der Waals surface area contributed by atoms with E-state index >= 15 is 0 Å². The highest BCUT2D eigenvalue weighted by atomic mass is 35.5. The number of pyridine rings is 1. The highest BCUT2D eigenvalue weighted by molar-refractivity contribution is 6.34. The zero-order chi connectivity index (χ0) is 11.5. The Kier molecular flexibility index (Phi) is 4.06. The van der Waals surface area contributed by atoms with Gasteiger partial charge in [0.15, 0.2) is 0 Å². The van der Waals surface area contributed by atoms with Crippen LogP contribution in [0.15, 0.2) is 12.3 Å². The van der Waals surface area contributed by atoms with E-state index in [1.807, 2.05) is 0 Å². The third-order valence-electron chi connectivity index (χ3n) is 3.25. The van der Waals surface area contributed by atoms with Gasteiger partial charge < -0.3 is 5.73 Å². The molecule has 1 atom stereocenters. The molecule has 0 amide bonds. The molecule has 2 rings (SSSR count). The number of rotatable bonds is 3. The van der Waals surface area contributed by atoms with Gasteiger partial charge in [0, 0.05) is 12.2 Å². The van der Waals surface area contributed by atoms with Crippen LogP contribution in [0.25, 0.3) is 0 Å². The lowest BCUT2D eigenvalue weighted by Gasteiger charge is -2.16. The summed E-state index contributed by atoms with van der Waals surface area (Å²) < 4.78 is 0. The second-order valence-corrected chi connectivity index (χ2v) is 5.36. The summed E-state index contributed by atoms with van der Waals surface area (Å²) in [5.41, 5.74) is 6.91. The quantitative estimate of drug-likeness (QED) is 0.892. The summed E-state index contributed by atoms with van der Waals surface area (Å²) in [7, 11) is 0. The number of nitrogens with zero attached hydrogens (tertiary/aromatic N) is 1. The molecule has 1 aromatic rings. The minimum absolute atomic E-state index is 0.0622. The fourth-order valence-corrected chi connectivity index (χ4v) is 2.94. The molecule has 1 fully saturated rings. The van der Waals surface area contributed by atoms with E-state index in [9.17, 15) is 0 Å². The summed E-state index contributed by atoms with van der Waals surface area (Å²) in [6.07, 6.45) is 7.84. The third-order valence-corrected chi connectivity index (χ3v) is 3.76. The van der Waals surface area contributed by atoms with Gasteiger partial charge in [0.25, 0.3) is 0 Å². The van der Waals surface area contributed by atoms with E-state index < -0.39 is 0 Å². The molecule has 16 heavy (non-hydrogen) atoms. The molecule has 0 saturated heterocycles. The average Bonchev–Trinajstić information content (AvgIpc) is 2.70. The molecular weight excluding hydrogens is 243 g/mol. The lowest BCUT2D eigenvalue weighted by molar-refractivity contribution is 0.446. The van der Waals surface area contributed by atoms with Crippen LogP contribution in [0.4, 0.5) is 0 Å². The first-order valence-corrected chi connectivity index (χ1v) is 6.49. The fraction of sp³-hybridized carbons (Fsp3) is 0.583. The molecule has 0 spiro atoms. The van der Waals surface area contributed by atoms with Crippen molar-refractivity contribution in [1.29, 1.82) is 0 Å². The second-order valence-electron chi connectivity index (χ2n) is 4.51. The number of nitrogens with two attached hydrogens (primary N) is 1. The van der Waals surface area contributed by atoms with Gasteiger partial charge >= 0.3 is 0 Å². The minimum atomic E-state index is -0.0622. The Morgan fingerprint density at radius 1 is 1.38 bits per heavy atom. The van der Waals surface area contributed by atoms with Crippen molar-refractivity contribution in [2.24, 2.45) is 11.7 Å². The van der Waals surface area contributed by atoms with Crippen molar-refractivity contribution >= 4 is 23.2 Å². The summed E-state index contributed by atoms with van der Waals surface area (Å²) in [6, 6.07) is 1.65. The van der Waals surface area contributed by atoms with E-state index in [0.29, 0.717) is 10.0 Å². The standard InChI is InChI=1S/C12H16Cl2N2/c13-9-6-10(14)12(16-7-9)11(15)5-8-3-1-2-4-8/h6-8,11H,1-5,15H2. The summed E-state index contributed by atoms with van der Waals surface area (Å²) in [6.45, 7) is 0. The maximum atomic E-state index is 6.14. The van der Waals surface area contributed by atoms with Gasteiger partial charge in [-0.1, -0.05) is 48.9 Å². The zero-order valence-electron chi connectivity index (χ0n) is 9.13. The summed E-state index contributed by atoms with van der Waals surface area (Å²) in [4.78, 5) is 4.23. The molecule has 0 aliphatic heterocycles. The predicted octanol–water partition coefficient (Wildman–Crippen LogP) is 3.97. The lowest BCUT2D eigenvalue weighted by atomic mass is 9.97. The van der Waals surface area contributed by atoms with E-state index in [2.05, 4.69) is 4.98 Å². The first-order valence-electron chi connectivity index (χ1n) is 5.73. The maximum absolute atomic E-state index is 6.14. The summed E-state index contributed by atoms with van der Waals surface area (Å²) in [5, 5.41) is 1.14. The van der Waals surface area contributed by atoms with Gasteiger partial charge in [0.05, 0.1) is 15.7 Å². The monoisotopic (exact) mass is 258 g/mol. The maximum Gasteiger partial charge on any atom is 0.0758 e. The number of aromatic nitrogens is 1. The van der Waals surface area contributed by atoms with Crippen molar-refractivity contribution in [2.45, 2.75) is 38.1 Å². The van der Waals surface area contributed by atoms with Crippen LogP contribution < -0.4 is 5.73 Å². The molecule has 2 N–H and O–H groups in total. The molecule has 88 valence electrons. The molecule has 1 unspecified atom stereocenters. The Labute approximate surface area is 106 Å². The van der Waals surface area contributed by atoms with Crippen LogP contribution >= 0.6 is 23.2 Å². The SMILES string of the molecule is NC(CC1CCCC1)c1ncc(Cl)cc1Cl. The first kappa shape index (κ1) is 12.2. The second kappa shape index (κ2) is 5.35. The Morgan fingerprint density at radius 3 is 2.69 bits per heavy atom. The van der Waals surface area contributed by atoms with Gasteiger partial charge in [-0.3, -0.25) is 4.98 Å². The van der Waals surface area contributed by atoms with Crippen molar-refractivity contribution < 1.29 is 0 Å². The van der Waals surface area contributed by atoms with E-state index in [1.54, 1.807) is 12.3 Å². The van der Waals surface area contributed by atoms with Gasteiger partial charge in [-0.25, -0.2) is 0 Å². The molecule has 1 heterocycles. The molecule has 4 heteroatoms. The van der Waals surface area contributed by atoms with E-state index in [-0.39, 0.29) is 6.04 Å². The van der Waals surface area contributed by atoms with Crippen LogP contribution in [-0.2, 0) is 0 Å². The Hall–Kier alpha value is -0.310. The van der Waals surface area contributed by atoms with Crippen LogP contribution in [-0.4, -0.2) is 4.98 Å². The van der Waals surface area contributed by atoms with Gasteiger partial charge in [-0.15, -0.1) is 0 Å². The first-order chi connectivity index (χ1) is 7.66. The molecule has 0 aromatic carbocycles. The topological polar surface area (TPSA) is 38.9 Å². The van der Waals surface area contributed by atoms with Crippen LogP contribution in [0.1, 0.15) is 43.8 Å². The Balaban J connectivity index is 2.04. The zero-order valence-corrected chi connectivity index (χ0v) is 10.6. The van der Waals surface area contributed by atoms with Gasteiger partial charge in [0.2, 0.25) is 0 Å². The fourth-order valence-electron chi connectivity index (χ4n) is 2.41. The van der Waals surface area contributed by atoms with Crippen LogP contribution in [0.3, 0.4) is 0 Å². The smallest absolute Gasteiger partial charge is 0.0758 e. The van der Waals surface area contributed by atoms with Crippen molar-refractivity contribution in [3.63, 3.8) is 0 Å². The largest absolute Gasteiger partial charge is 0.323 e. The molecule has 1 saturated carbocycles. The van der Waals surface area contributed by atoms with Crippen molar-refractivity contribution in [3.05, 3.63) is 28.0 Å². The van der Waals surface area contributed by atoms with Crippen molar-refractivity contribution in [2.75, 3.05) is 0 Å². The third kappa shape index (κ3) is 2.88. The molecule has 0 radical (unpaired) electrons. The van der Waals surface area contributed by atoms with E-state index in [0.717, 1.165) is 18.0 Å². The average molecular weight is 259 g/mol. The predicted molar refractivity (Wildman–Crippen MR) is 67.8 cm³/mol. The lowest BCUT2D eigenvalue weighted by Crippen LogP contribution is -2.16. The highest BCUT2D eigenvalue weighted by Crippen LogP contribution is 2.33. The van der Waals surface area contributed by atoms with Crippen LogP contribution in [0, 0.1) is 5.92 Å². The minimum Gasteiger partial charge on any atom is -0.323 e. The number of halogens is 2. The van der Waals surface area contributed by atoms with Crippen molar-refractivity contribution in [1.82, 2.24) is 4.98 Å². The van der Waals surface area contributed by atoms with E-state index in [4.69, 9.17) is 28.9 Å². The van der Waals surface area contributed by atoms with Crippen LogP contribution in [0.2, 0.25) is 10.0 Å². The van der Waals surface area contributed by atoms with Crippen LogP contribution in [0.5, 0.6) is 0 Å². The van der Waals surface area contributed by atoms with E-state index in [1.165, 1.54) is 25.7 Å². The van der Waals surface area contributed by atoms with Gasteiger partial charge in [-0.2, -0.15) is 0 Å². The van der Waals surface area contributed by atoms with Crippen molar-refractivity contribution in [3.8, 4) is 0 Å². The van der Waals surface area contributed by atoms with Gasteiger partial charge in [-0.05, 0) is 18.4 Å². The number of hydrogen-bond donors (Lipinski definition) is 1. The molecule has 1 aliphatic rings. The highest BCUT2D eigenvalue weighted by Gasteiger charge is 2.21. The molecular formula is C12H16Cl2N2. The molecule has 0 bridgehead atoms.